The maximum absolute atomic E-state index is 12.4. The number of ether oxygens (including phenoxy) is 1. The molecule has 0 radical (unpaired) electrons. The molecule has 0 N–H and O–H groups in total. The number of halogens is 1. The minimum Gasteiger partial charge on any atom is -1.00 e. The van der Waals surface area contributed by atoms with Gasteiger partial charge in [-0.2, -0.15) is 0 Å². The number of carbonyl (C=O) groups excluding carboxylic acids is 1. The van der Waals surface area contributed by atoms with Crippen molar-refractivity contribution >= 4 is 32.6 Å². The first kappa shape index (κ1) is 19.5. The van der Waals surface area contributed by atoms with Gasteiger partial charge in [0.2, 0.25) is 0 Å². The van der Waals surface area contributed by atoms with E-state index in [1.807, 2.05) is 18.2 Å². The van der Waals surface area contributed by atoms with Crippen molar-refractivity contribution in [2.45, 2.75) is 5.21 Å². The molecule has 0 amide bonds. The Bertz CT molecular complexity index is 695. The second-order valence-electron chi connectivity index (χ2n) is 5.55. The third-order valence-electron chi connectivity index (χ3n) is 4.18. The molecule has 4 heteroatoms. The normalized spacial score (nSPS) is 10.6. The van der Waals surface area contributed by atoms with Crippen LogP contribution < -0.4 is 30.0 Å². The molecule has 0 aliphatic rings. The van der Waals surface area contributed by atoms with Gasteiger partial charge in [0.1, 0.15) is 0 Å². The largest absolute Gasteiger partial charge is 1.00 e. The Morgan fingerprint density at radius 1 is 0.720 bits per heavy atom. The van der Waals surface area contributed by atoms with Crippen LogP contribution in [0.25, 0.3) is 0 Å². The van der Waals surface area contributed by atoms with Crippen LogP contribution in [0, 0.1) is 0 Å². The van der Waals surface area contributed by atoms with Crippen LogP contribution in [0.3, 0.4) is 0 Å². The van der Waals surface area contributed by atoms with Crippen LogP contribution in [0.2, 0.25) is 5.21 Å². The molecule has 0 aromatic heterocycles. The van der Waals surface area contributed by atoms with Crippen LogP contribution in [-0.2, 0) is 9.53 Å². The molecule has 0 bridgehead atoms. The molecule has 2 nitrogen and oxygen atoms in total. The Kier molecular flexibility index (Phi) is 7.04. The Balaban J connectivity index is 0.00000225. The zero-order valence-electron chi connectivity index (χ0n) is 14.0. The van der Waals surface area contributed by atoms with E-state index in [9.17, 15) is 4.79 Å². The summed E-state index contributed by atoms with van der Waals surface area (Å²) in [6, 6.07) is 31.2. The number of carbonyl (C=O) groups is 1. The molecule has 3 aromatic carbocycles. The predicted molar refractivity (Wildman–Crippen MR) is 101 cm³/mol. The van der Waals surface area contributed by atoms with Crippen molar-refractivity contribution in [3.05, 3.63) is 91.0 Å². The van der Waals surface area contributed by atoms with E-state index in [1.165, 1.54) is 20.2 Å². The van der Waals surface area contributed by atoms with Crippen molar-refractivity contribution in [3.8, 4) is 0 Å². The zero-order chi connectivity index (χ0) is 16.8. The van der Waals surface area contributed by atoms with E-state index >= 15 is 0 Å². The van der Waals surface area contributed by atoms with Crippen LogP contribution >= 0.6 is 0 Å². The third-order valence-corrected chi connectivity index (χ3v) is 13.1. The van der Waals surface area contributed by atoms with Gasteiger partial charge in [0.05, 0.1) is 0 Å². The fourth-order valence-electron chi connectivity index (χ4n) is 3.03. The predicted octanol–water partition coefficient (Wildman–Crippen LogP) is -0.666. The van der Waals surface area contributed by atoms with Crippen molar-refractivity contribution in [1.82, 2.24) is 0 Å². The summed E-state index contributed by atoms with van der Waals surface area (Å²) >= 11 is -2.94. The van der Waals surface area contributed by atoms with Crippen molar-refractivity contribution < 1.29 is 26.5 Å². The SMILES string of the molecule is COC(=O)C[As+](c1ccccc1)(c1ccccc1)c1ccccc1.[Br-]. The van der Waals surface area contributed by atoms with E-state index in [4.69, 9.17) is 4.74 Å². The Labute approximate surface area is 162 Å². The summed E-state index contributed by atoms with van der Waals surface area (Å²) in [5, 5.41) is 0.423. The van der Waals surface area contributed by atoms with Crippen LogP contribution in [0.5, 0.6) is 0 Å². The van der Waals surface area contributed by atoms with E-state index in [0.29, 0.717) is 5.21 Å². The van der Waals surface area contributed by atoms with Crippen molar-refractivity contribution in [2.75, 3.05) is 7.11 Å². The minimum atomic E-state index is -2.94. The molecule has 0 fully saturated rings. The second kappa shape index (κ2) is 9.03. The van der Waals surface area contributed by atoms with Crippen LogP contribution in [0.15, 0.2) is 91.0 Å². The number of hydrogen-bond donors (Lipinski definition) is 0. The molecule has 0 heterocycles. The zero-order valence-corrected chi connectivity index (χ0v) is 17.5. The van der Waals surface area contributed by atoms with Gasteiger partial charge < -0.3 is 17.0 Å². The van der Waals surface area contributed by atoms with Gasteiger partial charge in [-0.15, -0.1) is 0 Å². The van der Waals surface area contributed by atoms with Gasteiger partial charge in [-0.1, -0.05) is 0 Å². The standard InChI is InChI=1S/C21H20AsO2.BrH/c1-24-21(23)17-22(18-11-5-2-6-12-18,19-13-7-3-8-14-19)20-15-9-4-10-16-20;/h2-16H,17H2,1H3;1H/q+1;/p-1. The molecule has 3 aromatic rings. The van der Waals surface area contributed by atoms with Crippen molar-refractivity contribution in [3.63, 3.8) is 0 Å². The van der Waals surface area contributed by atoms with Gasteiger partial charge in [-0.3, -0.25) is 0 Å². The topological polar surface area (TPSA) is 26.3 Å². The van der Waals surface area contributed by atoms with E-state index in [1.54, 1.807) is 0 Å². The Morgan fingerprint density at radius 2 is 1.04 bits per heavy atom. The number of methoxy groups -OCH3 is 1. The number of hydrogen-bond acceptors (Lipinski definition) is 2. The fourth-order valence-corrected chi connectivity index (χ4v) is 11.4. The summed E-state index contributed by atoms with van der Waals surface area (Å²) in [6.07, 6.45) is 0. The maximum atomic E-state index is 12.4. The summed E-state index contributed by atoms with van der Waals surface area (Å²) < 4.78 is 8.82. The molecular weight excluding hydrogens is 439 g/mol. The first-order chi connectivity index (χ1) is 11.8. The Morgan fingerprint density at radius 3 is 1.32 bits per heavy atom. The molecule has 25 heavy (non-hydrogen) atoms. The van der Waals surface area contributed by atoms with Gasteiger partial charge in [0, 0.05) is 0 Å². The second-order valence-corrected chi connectivity index (χ2v) is 12.9. The first-order valence-electron chi connectivity index (χ1n) is 7.89. The van der Waals surface area contributed by atoms with Gasteiger partial charge in [0.25, 0.3) is 0 Å². The van der Waals surface area contributed by atoms with E-state index < -0.39 is 13.6 Å². The summed E-state index contributed by atoms with van der Waals surface area (Å²) in [5.74, 6) is -0.154. The summed E-state index contributed by atoms with van der Waals surface area (Å²) in [5.41, 5.74) is 0. The number of rotatable bonds is 5. The van der Waals surface area contributed by atoms with Crippen molar-refractivity contribution in [2.24, 2.45) is 0 Å². The van der Waals surface area contributed by atoms with Gasteiger partial charge >= 0.3 is 145 Å². The first-order valence-corrected chi connectivity index (χ1v) is 12.0. The molecule has 0 saturated carbocycles. The molecule has 0 spiro atoms. The summed E-state index contributed by atoms with van der Waals surface area (Å²) in [7, 11) is 1.47. The smallest absolute Gasteiger partial charge is 1.00 e. The molecule has 0 aliphatic carbocycles. The maximum Gasteiger partial charge on any atom is -1.00 e. The van der Waals surface area contributed by atoms with Crippen molar-refractivity contribution in [1.29, 1.82) is 0 Å². The number of benzene rings is 3. The molecule has 128 valence electrons. The van der Waals surface area contributed by atoms with E-state index in [2.05, 4.69) is 72.8 Å². The fraction of sp³-hybridized carbons (Fsp3) is 0.0952. The van der Waals surface area contributed by atoms with E-state index in [0.717, 1.165) is 0 Å². The summed E-state index contributed by atoms with van der Waals surface area (Å²) in [4.78, 5) is 12.4. The average Bonchev–Trinajstić information content (AvgIpc) is 2.68. The van der Waals surface area contributed by atoms with Crippen LogP contribution in [-0.4, -0.2) is 26.6 Å². The van der Waals surface area contributed by atoms with Gasteiger partial charge in [-0.25, -0.2) is 0 Å². The molecule has 3 rings (SSSR count). The van der Waals surface area contributed by atoms with Crippen LogP contribution in [0.4, 0.5) is 0 Å². The van der Waals surface area contributed by atoms with Gasteiger partial charge in [-0.05, 0) is 0 Å². The molecule has 0 atom stereocenters. The summed E-state index contributed by atoms with van der Waals surface area (Å²) in [6.45, 7) is 0. The quantitative estimate of drug-likeness (QED) is 0.374. The molecule has 0 aliphatic heterocycles. The number of esters is 1. The molecule has 0 saturated heterocycles. The molecular formula is C21H20AsBrO2. The monoisotopic (exact) mass is 458 g/mol. The van der Waals surface area contributed by atoms with E-state index in [-0.39, 0.29) is 23.0 Å². The third kappa shape index (κ3) is 4.05. The Hall–Kier alpha value is -1.83. The minimum absolute atomic E-state index is 0. The van der Waals surface area contributed by atoms with Crippen LogP contribution in [0.1, 0.15) is 0 Å². The van der Waals surface area contributed by atoms with Gasteiger partial charge in [0.15, 0.2) is 0 Å². The molecule has 0 unspecified atom stereocenters. The average molecular weight is 459 g/mol.